The van der Waals surface area contributed by atoms with Gasteiger partial charge in [0.05, 0.1) is 66.1 Å². The Morgan fingerprint density at radius 2 is 0.442 bits per heavy atom. The Labute approximate surface area is 731 Å². The molecule has 0 radical (unpaired) electrons. The maximum atomic E-state index is 13.2. The van der Waals surface area contributed by atoms with Crippen LogP contribution in [0.2, 0.25) is 0 Å². The Hall–Kier alpha value is -4.98. The predicted molar refractivity (Wildman–Crippen MR) is 399 cm³/mol. The van der Waals surface area contributed by atoms with Crippen molar-refractivity contribution in [3.05, 3.63) is 0 Å². The molecule has 0 saturated carbocycles. The maximum absolute atomic E-state index is 13.2. The van der Waals surface area contributed by atoms with E-state index in [0.717, 1.165) is 41.5 Å². The van der Waals surface area contributed by atoms with Gasteiger partial charge in [-0.05, 0) is 0 Å². The summed E-state index contributed by atoms with van der Waals surface area (Å²) in [4.78, 5) is 76.7. The zero-order valence-electron chi connectivity index (χ0n) is 69.8. The molecule has 10 heterocycles. The second-order valence-corrected chi connectivity index (χ2v) is 32.5. The number of rotatable bonds is 34. The Morgan fingerprint density at radius 3 is 0.829 bits per heavy atom. The Bertz CT molecular complexity index is 3570. The molecule has 0 spiro atoms. The molecule has 57 nitrogen and oxygen atoms in total. The Balaban J connectivity index is 1.06. The summed E-state index contributed by atoms with van der Waals surface area (Å²) in [5.74, 6) is -5.51. The zero-order valence-corrected chi connectivity index (χ0v) is 69.8. The summed E-state index contributed by atoms with van der Waals surface area (Å²) >= 11 is 0. The molecule has 0 unspecified atom stereocenters. The summed E-state index contributed by atoms with van der Waals surface area (Å²) in [6.45, 7) is -5.64. The summed E-state index contributed by atoms with van der Waals surface area (Å²) in [5, 5.41) is 308. The highest BCUT2D eigenvalue weighted by Crippen LogP contribution is 2.41. The molecule has 0 bridgehead atoms. The molecular weight excluding hydrogens is 1760 g/mol. The SMILES string of the molecule is CC(=O)N[C@@H]1[C@@H](O)[C@H](O[C@@H]2O[C@H](CO)[C@@H](O[C@@H]3O[C@H](CO[C@H]4O[C@H](CO[C@@H]5O[C@H](CO)[C@@H](O)[C@H](O)[C@H]5NC(C)=O)[C@@H](O)[C@H](O)[C@@H]4O[C@@H]4O[C@H](CO)[C@@H](O)[C@H](O)[C@H]4NC(C)=O)[C@@H](O)[C@H](O[C@H]4O[C@H](CO)[C@@H](O[C@@H]5O[C@H](CO)[C@@H](O[C@@H]6O[C@H](CO)[C@H](O)[C@H](O)[C@H]6O)[C@H](O)[C@H]5NC(C)=O)[C@H](O)[C@@H]4O[C@@H]4O[C@H](CO)[C@@H](O)[C@H](O)[C@H]4NC(C)=O)[C@@H]3O)[C@H](O)[C@H]2NC(C)=O)[C@@H](CO)O[C@H]1O. The van der Waals surface area contributed by atoms with E-state index in [1.807, 2.05) is 0 Å². The van der Waals surface area contributed by atoms with Crippen molar-refractivity contribution in [1.82, 2.24) is 31.9 Å². The first-order chi connectivity index (χ1) is 61.0. The Morgan fingerprint density at radius 1 is 0.202 bits per heavy atom. The lowest BCUT2D eigenvalue weighted by atomic mass is 9.93. The van der Waals surface area contributed by atoms with E-state index in [-0.39, 0.29) is 0 Å². The molecular formula is C72H120N6O51. The molecule has 10 aliphatic rings. The zero-order chi connectivity index (χ0) is 95.1. The molecule has 0 aliphatic carbocycles. The van der Waals surface area contributed by atoms with Gasteiger partial charge in [-0.1, -0.05) is 0 Å². The van der Waals surface area contributed by atoms with E-state index >= 15 is 0 Å². The first-order valence-electron chi connectivity index (χ1n) is 41.1. The molecule has 32 N–H and O–H groups in total. The van der Waals surface area contributed by atoms with Crippen molar-refractivity contribution in [3.8, 4) is 0 Å². The van der Waals surface area contributed by atoms with Crippen LogP contribution < -0.4 is 31.9 Å². The summed E-state index contributed by atoms with van der Waals surface area (Å²) in [6.07, 6.45) is -94.4. The fourth-order valence-corrected chi connectivity index (χ4v) is 16.6. The molecule has 57 heteroatoms. The van der Waals surface area contributed by atoms with Crippen LogP contribution in [0.15, 0.2) is 0 Å². The van der Waals surface area contributed by atoms with Gasteiger partial charge >= 0.3 is 0 Å². The molecule has 10 rings (SSSR count). The van der Waals surface area contributed by atoms with Gasteiger partial charge in [0.15, 0.2) is 62.9 Å². The van der Waals surface area contributed by atoms with E-state index in [2.05, 4.69) is 31.9 Å². The normalized spacial score (nSPS) is 47.5. The monoisotopic (exact) mass is 1880 g/mol. The van der Waals surface area contributed by atoms with Crippen molar-refractivity contribution in [2.45, 2.75) is 348 Å². The number of aliphatic hydroxyl groups excluding tert-OH is 26. The first-order valence-corrected chi connectivity index (χ1v) is 41.1. The molecule has 0 aromatic carbocycles. The highest BCUT2D eigenvalue weighted by Gasteiger charge is 2.62. The van der Waals surface area contributed by atoms with E-state index in [0.29, 0.717) is 0 Å². The third-order valence-corrected chi connectivity index (χ3v) is 23.3. The Kier molecular flexibility index (Phi) is 38.4. The molecule has 744 valence electrons. The lowest BCUT2D eigenvalue weighted by molar-refractivity contribution is -0.404. The van der Waals surface area contributed by atoms with Crippen LogP contribution in [0, 0.1) is 0 Å². The third-order valence-electron chi connectivity index (χ3n) is 23.3. The van der Waals surface area contributed by atoms with Gasteiger partial charge in [0.25, 0.3) is 0 Å². The van der Waals surface area contributed by atoms with Crippen LogP contribution in [0.25, 0.3) is 0 Å². The van der Waals surface area contributed by atoms with Crippen molar-refractivity contribution in [2.24, 2.45) is 0 Å². The highest BCUT2D eigenvalue weighted by molar-refractivity contribution is 5.75. The highest BCUT2D eigenvalue weighted by atomic mass is 16.8. The molecule has 10 aliphatic heterocycles. The van der Waals surface area contributed by atoms with Gasteiger partial charge in [-0.2, -0.15) is 0 Å². The number of carbonyl (C=O) groups excluding carboxylic acids is 6. The van der Waals surface area contributed by atoms with Gasteiger partial charge in [-0.15, -0.1) is 0 Å². The van der Waals surface area contributed by atoms with Crippen molar-refractivity contribution in [3.63, 3.8) is 0 Å². The van der Waals surface area contributed by atoms with Gasteiger partial charge in [0, 0.05) is 41.5 Å². The van der Waals surface area contributed by atoms with Crippen LogP contribution in [0.5, 0.6) is 0 Å². The minimum absolute atomic E-state index is 0.818. The number of ether oxygens (including phenoxy) is 19. The van der Waals surface area contributed by atoms with Crippen LogP contribution in [0.1, 0.15) is 41.5 Å². The summed E-state index contributed by atoms with van der Waals surface area (Å²) < 4.78 is 115. The molecule has 10 fully saturated rings. The number of hydrogen-bond acceptors (Lipinski definition) is 51. The fraction of sp³-hybridized carbons (Fsp3) is 0.917. The van der Waals surface area contributed by atoms with Gasteiger partial charge in [0.1, 0.15) is 244 Å². The summed E-state index contributed by atoms with van der Waals surface area (Å²) in [5.41, 5.74) is 0. The van der Waals surface area contributed by atoms with Crippen molar-refractivity contribution in [2.75, 3.05) is 66.1 Å². The van der Waals surface area contributed by atoms with Crippen LogP contribution in [0.4, 0.5) is 0 Å². The third kappa shape index (κ3) is 24.2. The topological polar surface area (TPSA) is 876 Å². The molecule has 6 amide bonds. The second kappa shape index (κ2) is 46.7. The first kappa shape index (κ1) is 106. The minimum atomic E-state index is -2.71. The smallest absolute Gasteiger partial charge is 0.217 e. The second-order valence-electron chi connectivity index (χ2n) is 32.5. The molecule has 129 heavy (non-hydrogen) atoms. The lowest BCUT2D eigenvalue weighted by Gasteiger charge is -2.52. The average molecular weight is 1890 g/mol. The van der Waals surface area contributed by atoms with E-state index < -0.39 is 408 Å². The quantitative estimate of drug-likeness (QED) is 0.0284. The number of nitrogens with one attached hydrogen (secondary N) is 6. The maximum Gasteiger partial charge on any atom is 0.217 e. The van der Waals surface area contributed by atoms with Crippen molar-refractivity contribution in [1.29, 1.82) is 0 Å². The van der Waals surface area contributed by atoms with Gasteiger partial charge < -0.3 is 255 Å². The van der Waals surface area contributed by atoms with Gasteiger partial charge in [-0.3, -0.25) is 28.8 Å². The minimum Gasteiger partial charge on any atom is -0.394 e. The van der Waals surface area contributed by atoms with Crippen molar-refractivity contribution >= 4 is 35.4 Å². The summed E-state index contributed by atoms with van der Waals surface area (Å²) in [6, 6.07) is -11.2. The van der Waals surface area contributed by atoms with E-state index in [9.17, 15) is 162 Å². The van der Waals surface area contributed by atoms with Gasteiger partial charge in [0.2, 0.25) is 35.4 Å². The molecule has 10 saturated heterocycles. The van der Waals surface area contributed by atoms with Crippen LogP contribution in [0.3, 0.4) is 0 Å². The number of aliphatic hydroxyl groups is 26. The number of carbonyl (C=O) groups is 6. The van der Waals surface area contributed by atoms with Crippen LogP contribution in [-0.4, -0.2) is 541 Å². The number of amides is 6. The fourth-order valence-electron chi connectivity index (χ4n) is 16.6. The van der Waals surface area contributed by atoms with Crippen LogP contribution in [-0.2, 0) is 119 Å². The molecule has 50 atom stereocenters. The van der Waals surface area contributed by atoms with E-state index in [1.54, 1.807) is 0 Å². The largest absolute Gasteiger partial charge is 0.394 e. The standard InChI is InChI=1S/C72H120N6O51/c1-17(87)73-33-48(102)56(27(11-83)113-63(33)110)123-67-37(77-21(5)91)50(104)58(29(13-85)118-67)126-70-55(109)60(44(98)32(121-70)16-112-71-61(128-65-35(75-19(3)89)46(100)40(94)24(8-80)115-65)52(106)43(97)31(122-71)15-111-64-34(74-18(2)88)45(99)39(93)23(7-79)114-64)127-72-62(129-66-36(76-20(4)90)47(101)41(95)25(9-81)116-66)54(108)59(30(14-86)120-72)124-68-38(78-22(6)92)49(103)57(28(12-84)119-68)125-69-53(107)51(105)42(96)26(10-82)117-69/h23-72,79-86,93-110H,7-16H2,1-6H3,(H,73,87)(H,74,88)(H,75,89)(H,76,90)(H,77,91)(H,78,92)/t23-,24-,25-,26-,27-,28-,29-,30-,31-,32-,33-,34-,35-,36-,37-,38-,39-,40-,41-,42+,43-,44-,45-,46-,47-,48-,49-,50-,51+,52+,53-,54+,55+,56-,57-,58-,59-,60+,61+,62+,63-,64-,65+,66+,67+,68+,69+,70+,71+,72-/m1/s1. The van der Waals surface area contributed by atoms with Gasteiger partial charge in [-0.25, -0.2) is 0 Å². The van der Waals surface area contributed by atoms with E-state index in [4.69, 9.17) is 90.0 Å². The predicted octanol–water partition coefficient (Wildman–Crippen LogP) is -21.9. The summed E-state index contributed by atoms with van der Waals surface area (Å²) in [7, 11) is 0. The average Bonchev–Trinajstić information content (AvgIpc) is 0.792. The van der Waals surface area contributed by atoms with Crippen molar-refractivity contribution < 1.29 is 252 Å². The molecule has 0 aromatic heterocycles. The number of hydrogen-bond donors (Lipinski definition) is 32. The molecule has 0 aromatic rings. The van der Waals surface area contributed by atoms with Crippen LogP contribution >= 0.6 is 0 Å². The van der Waals surface area contributed by atoms with E-state index in [1.165, 1.54) is 0 Å². The lowest BCUT2D eigenvalue weighted by Crippen LogP contribution is -2.71.